The van der Waals surface area contributed by atoms with Gasteiger partial charge in [-0.05, 0) is 42.0 Å². The summed E-state index contributed by atoms with van der Waals surface area (Å²) in [6, 6.07) is 9.95. The van der Waals surface area contributed by atoms with Crippen molar-refractivity contribution in [3.8, 4) is 11.6 Å². The van der Waals surface area contributed by atoms with Gasteiger partial charge in [-0.15, -0.1) is 5.46 Å². The summed E-state index contributed by atoms with van der Waals surface area (Å²) in [5.74, 6) is -1.96. The van der Waals surface area contributed by atoms with Crippen molar-refractivity contribution < 1.29 is 82.6 Å². The van der Waals surface area contributed by atoms with Crippen molar-refractivity contribution in [1.29, 1.82) is 0 Å². The van der Waals surface area contributed by atoms with Gasteiger partial charge in [-0.2, -0.15) is 0 Å². The van der Waals surface area contributed by atoms with E-state index in [4.69, 9.17) is 4.74 Å². The quantitative estimate of drug-likeness (QED) is 0.457. The topological polar surface area (TPSA) is 51.2 Å². The standard InChI is InChI=1S/C19H13BF5N2O2.K/c21-14-2-4-15(5-3-14)29-18-9-12(7-8-26-18)11-27-19(28)16-10-13(20(23,24)25)1-6-17(16)22;/h1-10H,11H2,(H,27,28);/q-1;+1. The monoisotopic (exact) mass is 446 g/mol. The number of ether oxygens (including phenoxy) is 1. The Balaban J connectivity index is 0.00000320. The van der Waals surface area contributed by atoms with Crippen LogP contribution in [0.2, 0.25) is 0 Å². The molecule has 0 bridgehead atoms. The second-order valence-electron chi connectivity index (χ2n) is 6.06. The molecule has 0 atom stereocenters. The maximum absolute atomic E-state index is 13.8. The predicted molar refractivity (Wildman–Crippen MR) is 97.0 cm³/mol. The molecule has 0 aliphatic rings. The number of halogens is 5. The molecular weight excluding hydrogens is 433 g/mol. The van der Waals surface area contributed by atoms with Gasteiger partial charge in [0.1, 0.15) is 17.4 Å². The number of hydrogen-bond donors (Lipinski definition) is 1. The van der Waals surface area contributed by atoms with Gasteiger partial charge in [-0.3, -0.25) is 4.79 Å². The molecule has 0 aliphatic heterocycles. The van der Waals surface area contributed by atoms with E-state index in [-0.39, 0.29) is 63.8 Å². The molecule has 0 saturated heterocycles. The Labute approximate surface area is 211 Å². The van der Waals surface area contributed by atoms with Crippen LogP contribution in [0.1, 0.15) is 15.9 Å². The van der Waals surface area contributed by atoms with Gasteiger partial charge in [0, 0.05) is 18.8 Å². The third kappa shape index (κ3) is 6.61. The first-order valence-corrected chi connectivity index (χ1v) is 8.38. The third-order valence-corrected chi connectivity index (χ3v) is 3.90. The Morgan fingerprint density at radius 2 is 1.70 bits per heavy atom. The van der Waals surface area contributed by atoms with Crippen LogP contribution in [0.4, 0.5) is 21.7 Å². The van der Waals surface area contributed by atoms with Crippen LogP contribution >= 0.6 is 0 Å². The number of hydrogen-bond acceptors (Lipinski definition) is 3. The Morgan fingerprint density at radius 1 is 1.00 bits per heavy atom. The zero-order valence-electron chi connectivity index (χ0n) is 15.7. The third-order valence-electron chi connectivity index (χ3n) is 3.90. The minimum absolute atomic E-state index is 0. The molecule has 0 spiro atoms. The summed E-state index contributed by atoms with van der Waals surface area (Å²) in [6.45, 7) is -5.45. The first-order valence-electron chi connectivity index (χ1n) is 8.38. The summed E-state index contributed by atoms with van der Waals surface area (Å²) >= 11 is 0. The molecule has 3 aromatic rings. The Kier molecular flexibility index (Phi) is 8.56. The second-order valence-corrected chi connectivity index (χ2v) is 6.06. The fourth-order valence-electron chi connectivity index (χ4n) is 2.44. The molecule has 1 amide bonds. The van der Waals surface area contributed by atoms with E-state index in [1.807, 2.05) is 0 Å². The molecule has 0 radical (unpaired) electrons. The first kappa shape index (κ1) is 24.5. The average Bonchev–Trinajstić information content (AvgIpc) is 2.68. The van der Waals surface area contributed by atoms with Crippen LogP contribution in [-0.4, -0.2) is 17.9 Å². The van der Waals surface area contributed by atoms with E-state index in [1.54, 1.807) is 6.07 Å². The zero-order chi connectivity index (χ0) is 21.0. The van der Waals surface area contributed by atoms with Gasteiger partial charge in [-0.25, -0.2) is 13.8 Å². The van der Waals surface area contributed by atoms with Crippen LogP contribution < -0.4 is 66.9 Å². The van der Waals surface area contributed by atoms with E-state index in [9.17, 15) is 26.5 Å². The Hall–Kier alpha value is -1.79. The van der Waals surface area contributed by atoms with E-state index in [0.717, 1.165) is 0 Å². The van der Waals surface area contributed by atoms with Gasteiger partial charge < -0.3 is 23.0 Å². The molecule has 2 aromatic carbocycles. The van der Waals surface area contributed by atoms with Gasteiger partial charge >= 0.3 is 58.4 Å². The minimum Gasteiger partial charge on any atom is -0.445 e. The van der Waals surface area contributed by atoms with Gasteiger partial charge in [0.15, 0.2) is 0 Å². The fourth-order valence-corrected chi connectivity index (χ4v) is 2.44. The maximum Gasteiger partial charge on any atom is 1.00 e. The minimum atomic E-state index is -5.36. The van der Waals surface area contributed by atoms with Gasteiger partial charge in [0.2, 0.25) is 5.88 Å². The molecule has 3 rings (SSSR count). The van der Waals surface area contributed by atoms with Crippen molar-refractivity contribution in [3.63, 3.8) is 0 Å². The summed E-state index contributed by atoms with van der Waals surface area (Å²) < 4.78 is 70.7. The molecule has 4 nitrogen and oxygen atoms in total. The smallest absolute Gasteiger partial charge is 0.445 e. The number of rotatable bonds is 6. The van der Waals surface area contributed by atoms with Crippen LogP contribution in [0.5, 0.6) is 11.6 Å². The van der Waals surface area contributed by atoms with E-state index in [1.165, 1.54) is 36.5 Å². The molecule has 150 valence electrons. The zero-order valence-corrected chi connectivity index (χ0v) is 18.8. The summed E-state index contributed by atoms with van der Waals surface area (Å²) in [5, 5.41) is 2.36. The van der Waals surface area contributed by atoms with Gasteiger partial charge in [-0.1, -0.05) is 12.1 Å². The molecule has 1 N–H and O–H groups in total. The van der Waals surface area contributed by atoms with Gasteiger partial charge in [0.25, 0.3) is 5.91 Å². The molecule has 0 saturated carbocycles. The number of amides is 1. The molecule has 30 heavy (non-hydrogen) atoms. The molecule has 0 unspecified atom stereocenters. The van der Waals surface area contributed by atoms with Crippen molar-refractivity contribution >= 4 is 18.3 Å². The largest absolute Gasteiger partial charge is 1.00 e. The maximum atomic E-state index is 13.8. The normalized spacial score (nSPS) is 10.8. The second kappa shape index (κ2) is 10.5. The van der Waals surface area contributed by atoms with Gasteiger partial charge in [0.05, 0.1) is 5.56 Å². The Morgan fingerprint density at radius 3 is 2.37 bits per heavy atom. The van der Waals surface area contributed by atoms with Crippen LogP contribution in [0.25, 0.3) is 0 Å². The van der Waals surface area contributed by atoms with E-state index >= 15 is 0 Å². The first-order chi connectivity index (χ1) is 13.7. The number of benzene rings is 2. The SMILES string of the molecule is O=C(NCc1ccnc(Oc2ccc(F)cc2)c1)c1cc([B-](F)(F)F)ccc1F.[K+]. The number of carbonyl (C=O) groups is 1. The molecular formula is C19H13BF5KN2O2. The molecule has 1 heterocycles. The summed E-state index contributed by atoms with van der Waals surface area (Å²) in [4.78, 5) is 16.1. The summed E-state index contributed by atoms with van der Waals surface area (Å²) in [5.41, 5.74) is -1.24. The molecule has 11 heteroatoms. The fraction of sp³-hybridized carbons (Fsp3) is 0.0526. The van der Waals surface area contributed by atoms with Crippen molar-refractivity contribution in [3.05, 3.63) is 83.6 Å². The van der Waals surface area contributed by atoms with Crippen LogP contribution in [0, 0.1) is 11.6 Å². The number of carbonyl (C=O) groups excluding carboxylic acids is 1. The molecule has 1 aromatic heterocycles. The van der Waals surface area contributed by atoms with Crippen molar-refractivity contribution in [2.24, 2.45) is 0 Å². The van der Waals surface area contributed by atoms with Crippen molar-refractivity contribution in [2.45, 2.75) is 6.54 Å². The van der Waals surface area contributed by atoms with Crippen LogP contribution in [-0.2, 0) is 6.54 Å². The summed E-state index contributed by atoms with van der Waals surface area (Å²) in [6.07, 6.45) is 1.40. The van der Waals surface area contributed by atoms with Crippen LogP contribution in [0.3, 0.4) is 0 Å². The Bertz CT molecular complexity index is 1030. The number of aromatic nitrogens is 1. The summed E-state index contributed by atoms with van der Waals surface area (Å²) in [7, 11) is 0. The number of nitrogens with zero attached hydrogens (tertiary/aromatic N) is 1. The van der Waals surface area contributed by atoms with Crippen molar-refractivity contribution in [1.82, 2.24) is 10.3 Å². The van der Waals surface area contributed by atoms with E-state index in [2.05, 4.69) is 10.3 Å². The molecule has 0 fully saturated rings. The van der Waals surface area contributed by atoms with Crippen LogP contribution in [0.15, 0.2) is 60.8 Å². The number of pyridine rings is 1. The van der Waals surface area contributed by atoms with E-state index < -0.39 is 35.5 Å². The van der Waals surface area contributed by atoms with E-state index in [0.29, 0.717) is 29.5 Å². The predicted octanol–water partition coefficient (Wildman–Crippen LogP) is 1.14. The number of nitrogens with one attached hydrogen (secondary N) is 1. The van der Waals surface area contributed by atoms with Crippen molar-refractivity contribution in [2.75, 3.05) is 0 Å². The average molecular weight is 446 g/mol. The molecule has 0 aliphatic carbocycles.